The fourth-order valence-electron chi connectivity index (χ4n) is 0.415. The molecule has 0 aromatic carbocycles. The fraction of sp³-hybridized carbons (Fsp3) is 0.571. The molecule has 0 saturated heterocycles. The molecule has 0 spiro atoms. The van der Waals surface area contributed by atoms with Crippen molar-refractivity contribution in [2.24, 2.45) is 0 Å². The Morgan fingerprint density at radius 1 is 1.14 bits per heavy atom. The summed E-state index contributed by atoms with van der Waals surface area (Å²) in [7, 11) is -3.01. The average Bonchev–Trinajstić information content (AvgIpc) is 1.98. The van der Waals surface area contributed by atoms with Gasteiger partial charge in [-0.3, -0.25) is 4.79 Å². The van der Waals surface area contributed by atoms with Gasteiger partial charge in [0.15, 0.2) is 0 Å². The molecule has 0 aromatic heterocycles. The van der Waals surface area contributed by atoms with Gasteiger partial charge in [0.2, 0.25) is 5.91 Å². The molecule has 0 rings (SSSR count). The van der Waals surface area contributed by atoms with Crippen molar-refractivity contribution in [2.75, 3.05) is 7.05 Å². The molecule has 0 heterocycles. The Balaban J connectivity index is 0. The van der Waals surface area contributed by atoms with E-state index in [0.717, 1.165) is 11.1 Å². The number of allylic oxidation sites excluding steroid dienone is 1. The Bertz CT molecular complexity index is 255. The van der Waals surface area contributed by atoms with Crippen LogP contribution in [0.4, 0.5) is 0 Å². The first-order valence-corrected chi connectivity index (χ1v) is 5.30. The molecule has 1 amide bonds. The molecule has 0 aliphatic carbocycles. The molecule has 0 aliphatic heterocycles. The molecule has 0 unspecified atom stereocenters. The van der Waals surface area contributed by atoms with Gasteiger partial charge in [0.05, 0.1) is 0 Å². The molecule has 14 heavy (non-hydrogen) atoms. The summed E-state index contributed by atoms with van der Waals surface area (Å²) < 4.78 is 8.88. The van der Waals surface area contributed by atoms with E-state index in [1.807, 2.05) is 20.8 Å². The van der Waals surface area contributed by atoms with E-state index in [0.29, 0.717) is 0 Å². The summed E-state index contributed by atoms with van der Waals surface area (Å²) in [6, 6.07) is 0. The van der Waals surface area contributed by atoms with Gasteiger partial charge in [-0.2, -0.15) is 0 Å². The van der Waals surface area contributed by atoms with Gasteiger partial charge in [0.25, 0.3) is 0 Å². The smallest absolute Gasteiger partial charge is 0.355 e. The summed E-state index contributed by atoms with van der Waals surface area (Å²) in [6.07, 6.45) is 0. The van der Waals surface area contributed by atoms with Crippen molar-refractivity contribution in [3.05, 3.63) is 11.1 Å². The van der Waals surface area contributed by atoms with E-state index >= 15 is 0 Å². The second-order valence-corrected chi connectivity index (χ2v) is 3.74. The third kappa shape index (κ3) is 13.9. The standard InChI is InChI=1S/C7H13NO.H3O4P/c1-5(2)6(3)7(9)8-4;1-5(2,3)4/h1-4H3,(H,8,9);(H3,1,2,3,4). The van der Waals surface area contributed by atoms with Crippen LogP contribution in [-0.4, -0.2) is 27.6 Å². The molecule has 84 valence electrons. The molecule has 0 saturated carbocycles. The zero-order valence-corrected chi connectivity index (χ0v) is 9.50. The molecule has 0 aliphatic rings. The highest BCUT2D eigenvalue weighted by Crippen LogP contribution is 2.25. The quantitative estimate of drug-likeness (QED) is 0.375. The van der Waals surface area contributed by atoms with E-state index < -0.39 is 7.82 Å². The van der Waals surface area contributed by atoms with Gasteiger partial charge in [-0.25, -0.2) is 4.57 Å². The van der Waals surface area contributed by atoms with Gasteiger partial charge in [0.1, 0.15) is 0 Å². The number of amides is 1. The highest BCUT2D eigenvalue weighted by molar-refractivity contribution is 7.45. The maximum atomic E-state index is 10.8. The minimum absolute atomic E-state index is 0.00926. The third-order valence-electron chi connectivity index (χ3n) is 1.32. The molecule has 4 N–H and O–H groups in total. The van der Waals surface area contributed by atoms with Crippen molar-refractivity contribution in [3.8, 4) is 0 Å². The Labute approximate surface area is 82.9 Å². The maximum Gasteiger partial charge on any atom is 0.466 e. The van der Waals surface area contributed by atoms with Crippen LogP contribution < -0.4 is 5.32 Å². The number of carbonyl (C=O) groups is 1. The molecular formula is C7H16NO5P. The number of hydrogen-bond donors (Lipinski definition) is 4. The summed E-state index contributed by atoms with van der Waals surface area (Å²) in [5.74, 6) is 0.00926. The molecule has 6 nitrogen and oxygen atoms in total. The number of rotatable bonds is 1. The lowest BCUT2D eigenvalue weighted by atomic mass is 10.2. The largest absolute Gasteiger partial charge is 0.466 e. The highest BCUT2D eigenvalue weighted by Gasteiger charge is 2.00. The van der Waals surface area contributed by atoms with Crippen LogP contribution in [0.25, 0.3) is 0 Å². The topological polar surface area (TPSA) is 107 Å². The summed E-state index contributed by atoms with van der Waals surface area (Å²) in [4.78, 5) is 32.3. The molecule has 0 atom stereocenters. The fourth-order valence-corrected chi connectivity index (χ4v) is 0.415. The first-order valence-electron chi connectivity index (χ1n) is 3.74. The van der Waals surface area contributed by atoms with Gasteiger partial charge in [-0.15, -0.1) is 0 Å². The number of phosphoric acid groups is 1. The molecule has 0 aromatic rings. The number of nitrogens with one attached hydrogen (secondary N) is 1. The van der Waals surface area contributed by atoms with Crippen molar-refractivity contribution >= 4 is 13.7 Å². The van der Waals surface area contributed by atoms with Crippen LogP contribution in [0.2, 0.25) is 0 Å². The second kappa shape index (κ2) is 6.73. The lowest BCUT2D eigenvalue weighted by Gasteiger charge is -1.99. The zero-order chi connectivity index (χ0) is 11.9. The highest BCUT2D eigenvalue weighted by atomic mass is 31.2. The summed E-state index contributed by atoms with van der Waals surface area (Å²) in [6.45, 7) is 5.66. The molecule has 0 bridgehead atoms. The predicted octanol–water partition coefficient (Wildman–Crippen LogP) is 0.160. The predicted molar refractivity (Wildman–Crippen MR) is 52.4 cm³/mol. The van der Waals surface area contributed by atoms with Crippen molar-refractivity contribution in [2.45, 2.75) is 20.8 Å². The molecule has 0 radical (unpaired) electrons. The summed E-state index contributed by atoms with van der Waals surface area (Å²) >= 11 is 0. The Hall–Kier alpha value is -0.680. The van der Waals surface area contributed by atoms with E-state index in [1.54, 1.807) is 7.05 Å². The lowest BCUT2D eigenvalue weighted by Crippen LogP contribution is -2.19. The monoisotopic (exact) mass is 225 g/mol. The van der Waals surface area contributed by atoms with Gasteiger partial charge in [0, 0.05) is 12.6 Å². The van der Waals surface area contributed by atoms with E-state index in [1.165, 1.54) is 0 Å². The van der Waals surface area contributed by atoms with Crippen LogP contribution in [0.3, 0.4) is 0 Å². The number of carbonyl (C=O) groups excluding carboxylic acids is 1. The van der Waals surface area contributed by atoms with E-state index in [9.17, 15) is 4.79 Å². The van der Waals surface area contributed by atoms with Crippen molar-refractivity contribution in [3.63, 3.8) is 0 Å². The number of likely N-dealkylation sites (N-methyl/N-ethyl adjacent to an activating group) is 1. The van der Waals surface area contributed by atoms with Crippen LogP contribution in [-0.2, 0) is 9.36 Å². The van der Waals surface area contributed by atoms with Gasteiger partial charge < -0.3 is 20.0 Å². The zero-order valence-electron chi connectivity index (χ0n) is 8.61. The first kappa shape index (κ1) is 15.8. The second-order valence-electron chi connectivity index (χ2n) is 2.72. The molecule has 7 heteroatoms. The van der Waals surface area contributed by atoms with Crippen LogP contribution in [0.5, 0.6) is 0 Å². The van der Waals surface area contributed by atoms with Crippen LogP contribution >= 0.6 is 7.82 Å². The van der Waals surface area contributed by atoms with E-state index in [-0.39, 0.29) is 5.91 Å². The summed E-state index contributed by atoms with van der Waals surface area (Å²) in [5.41, 5.74) is 1.87. The Morgan fingerprint density at radius 3 is 1.50 bits per heavy atom. The SMILES string of the molecule is CNC(=O)C(C)=C(C)C.O=P(O)(O)O. The van der Waals surface area contributed by atoms with Crippen molar-refractivity contribution in [1.82, 2.24) is 5.32 Å². The summed E-state index contributed by atoms with van der Waals surface area (Å²) in [5, 5.41) is 2.55. The van der Waals surface area contributed by atoms with Gasteiger partial charge >= 0.3 is 7.82 Å². The van der Waals surface area contributed by atoms with Crippen LogP contribution in [0.15, 0.2) is 11.1 Å². The van der Waals surface area contributed by atoms with E-state index in [4.69, 9.17) is 19.2 Å². The van der Waals surface area contributed by atoms with E-state index in [2.05, 4.69) is 5.32 Å². The van der Waals surface area contributed by atoms with Gasteiger partial charge in [-0.1, -0.05) is 5.57 Å². The Morgan fingerprint density at radius 2 is 1.43 bits per heavy atom. The molecular weight excluding hydrogens is 209 g/mol. The molecule has 0 fully saturated rings. The lowest BCUT2D eigenvalue weighted by molar-refractivity contribution is -0.117. The maximum absolute atomic E-state index is 10.8. The minimum atomic E-state index is -4.64. The number of hydrogen-bond acceptors (Lipinski definition) is 2. The van der Waals surface area contributed by atoms with Gasteiger partial charge in [-0.05, 0) is 20.8 Å². The van der Waals surface area contributed by atoms with Crippen LogP contribution in [0, 0.1) is 0 Å². The minimum Gasteiger partial charge on any atom is -0.355 e. The first-order chi connectivity index (χ1) is 6.09. The third-order valence-corrected chi connectivity index (χ3v) is 1.32. The van der Waals surface area contributed by atoms with Crippen molar-refractivity contribution < 1.29 is 24.0 Å². The Kier molecular flexibility index (Phi) is 7.58. The normalized spacial score (nSPS) is 9.64. The van der Waals surface area contributed by atoms with Crippen molar-refractivity contribution in [1.29, 1.82) is 0 Å². The average molecular weight is 225 g/mol. The van der Waals surface area contributed by atoms with Crippen LogP contribution in [0.1, 0.15) is 20.8 Å².